The molecule has 0 unspecified atom stereocenters. The zero-order chi connectivity index (χ0) is 27.7. The number of aliphatic hydroxyl groups is 1. The Hall–Kier alpha value is -2.04. The van der Waals surface area contributed by atoms with Gasteiger partial charge >= 0.3 is 0 Å². The predicted octanol–water partition coefficient (Wildman–Crippen LogP) is 5.28. The normalized spacial score (nSPS) is 38.9. The molecule has 4 saturated carbocycles. The second kappa shape index (κ2) is 9.52. The molecule has 0 aliphatic heterocycles. The van der Waals surface area contributed by atoms with E-state index in [1.807, 2.05) is 0 Å². The third kappa shape index (κ3) is 4.15. The summed E-state index contributed by atoms with van der Waals surface area (Å²) < 4.78 is 31.6. The van der Waals surface area contributed by atoms with Crippen LogP contribution in [-0.2, 0) is 10.0 Å². The van der Waals surface area contributed by atoms with Gasteiger partial charge in [0.2, 0.25) is 10.0 Å². The van der Waals surface area contributed by atoms with Crippen molar-refractivity contribution in [1.82, 2.24) is 14.6 Å². The second-order valence-electron chi connectivity index (χ2n) is 13.5. The second-order valence-corrected chi connectivity index (χ2v) is 15.6. The molecule has 0 amide bonds. The van der Waals surface area contributed by atoms with Gasteiger partial charge in [-0.2, -0.15) is 5.10 Å². The van der Waals surface area contributed by atoms with Crippen LogP contribution < -0.4 is 5.43 Å². The van der Waals surface area contributed by atoms with Gasteiger partial charge in [0.1, 0.15) is 4.90 Å². The SMILES string of the molecule is C/C(=N\Nc1ccc(S(=O)(=O)N(C)C)c2nonc12)[C@H]1CC[C@H]2[C@@H]3CC[C@H]4C[C@H](O)CC[C@]4(C)[C@H]3CC[C@]12C. The highest BCUT2D eigenvalue weighted by molar-refractivity contribution is 7.89. The molecular formula is C29H43N5O4S. The first-order valence-corrected chi connectivity index (χ1v) is 16.1. The maximum Gasteiger partial charge on any atom is 0.244 e. The number of aromatic nitrogens is 2. The van der Waals surface area contributed by atoms with E-state index in [1.54, 1.807) is 6.07 Å². The summed E-state index contributed by atoms with van der Waals surface area (Å²) in [5.41, 5.74) is 6.02. The van der Waals surface area contributed by atoms with E-state index in [9.17, 15) is 13.5 Å². The molecule has 2 N–H and O–H groups in total. The number of hydrogen-bond donors (Lipinski definition) is 2. The molecule has 8 atom stereocenters. The Bertz CT molecular complexity index is 1390. The highest BCUT2D eigenvalue weighted by Crippen LogP contribution is 2.67. The standard InChI is InChI=1S/C29H43N5O4S/c1-17(30-31-24-10-11-25(39(36,37)34(4)5)27-26(24)32-38-33-27)21-8-9-22-20-7-6-18-16-19(35)12-14-28(18,2)23(20)13-15-29(21,22)3/h10-11,18-23,31,35H,6-9,12-16H2,1-5H3/b30-17+/t18-,19+,20-,21+,22-,23-,28-,29+/m0/s1. The van der Waals surface area contributed by atoms with Gasteiger partial charge in [0.25, 0.3) is 0 Å². The largest absolute Gasteiger partial charge is 0.393 e. The first kappa shape index (κ1) is 27.1. The van der Waals surface area contributed by atoms with Crippen molar-refractivity contribution in [2.45, 2.75) is 89.6 Å². The van der Waals surface area contributed by atoms with Crippen LogP contribution in [0.15, 0.2) is 26.8 Å². The van der Waals surface area contributed by atoms with Gasteiger partial charge < -0.3 is 5.11 Å². The number of anilines is 1. The van der Waals surface area contributed by atoms with Gasteiger partial charge in [0.15, 0.2) is 11.0 Å². The summed E-state index contributed by atoms with van der Waals surface area (Å²) in [6.07, 6.45) is 10.5. The topological polar surface area (TPSA) is 121 Å². The van der Waals surface area contributed by atoms with Gasteiger partial charge in [-0.15, -0.1) is 0 Å². The molecule has 1 heterocycles. The number of nitrogens with one attached hydrogen (secondary N) is 1. The average molecular weight is 558 g/mol. The lowest BCUT2D eigenvalue weighted by Crippen LogP contribution is -2.54. The van der Waals surface area contributed by atoms with Crippen LogP contribution in [0, 0.1) is 40.4 Å². The molecular weight excluding hydrogens is 514 g/mol. The van der Waals surface area contributed by atoms with E-state index in [2.05, 4.69) is 36.5 Å². The number of hydrazone groups is 1. The minimum absolute atomic E-state index is 0.0637. The van der Waals surface area contributed by atoms with Gasteiger partial charge in [-0.1, -0.05) is 13.8 Å². The number of rotatable bonds is 5. The molecule has 39 heavy (non-hydrogen) atoms. The molecule has 6 rings (SSSR count). The maximum absolute atomic E-state index is 12.7. The predicted molar refractivity (Wildman–Crippen MR) is 151 cm³/mol. The Labute approximate surface area is 231 Å². The van der Waals surface area contributed by atoms with Crippen LogP contribution in [0.5, 0.6) is 0 Å². The third-order valence-corrected chi connectivity index (χ3v) is 13.5. The van der Waals surface area contributed by atoms with Crippen molar-refractivity contribution in [2.24, 2.45) is 45.5 Å². The number of hydrogen-bond acceptors (Lipinski definition) is 8. The van der Waals surface area contributed by atoms with Crippen LogP contribution in [0.1, 0.15) is 78.6 Å². The van der Waals surface area contributed by atoms with Crippen LogP contribution in [0.3, 0.4) is 0 Å². The van der Waals surface area contributed by atoms with E-state index < -0.39 is 10.0 Å². The van der Waals surface area contributed by atoms with Crippen LogP contribution >= 0.6 is 0 Å². The van der Waals surface area contributed by atoms with Crippen molar-refractivity contribution in [1.29, 1.82) is 0 Å². The Morgan fingerprint density at radius 1 is 1.03 bits per heavy atom. The van der Waals surface area contributed by atoms with Gasteiger partial charge in [0, 0.05) is 25.7 Å². The highest BCUT2D eigenvalue weighted by atomic mass is 32.2. The number of benzene rings is 1. The highest BCUT2D eigenvalue weighted by Gasteiger charge is 2.60. The van der Waals surface area contributed by atoms with Crippen LogP contribution in [0.25, 0.3) is 11.0 Å². The molecule has 214 valence electrons. The Morgan fingerprint density at radius 3 is 2.51 bits per heavy atom. The molecule has 4 aliphatic carbocycles. The van der Waals surface area contributed by atoms with E-state index in [0.29, 0.717) is 28.5 Å². The summed E-state index contributed by atoms with van der Waals surface area (Å²) in [7, 11) is -0.708. The molecule has 1 aromatic carbocycles. The minimum Gasteiger partial charge on any atom is -0.393 e. The summed E-state index contributed by atoms with van der Waals surface area (Å²) in [6, 6.07) is 3.22. The molecule has 0 radical (unpaired) electrons. The Balaban J connectivity index is 1.22. The first-order valence-electron chi connectivity index (χ1n) is 14.6. The van der Waals surface area contributed by atoms with Crippen molar-refractivity contribution in [3.8, 4) is 0 Å². The fraction of sp³-hybridized carbons (Fsp3) is 0.759. The monoisotopic (exact) mass is 557 g/mol. The van der Waals surface area contributed by atoms with E-state index in [-0.39, 0.29) is 21.9 Å². The van der Waals surface area contributed by atoms with Gasteiger partial charge in [-0.3, -0.25) is 5.43 Å². The van der Waals surface area contributed by atoms with Crippen molar-refractivity contribution < 1.29 is 18.2 Å². The molecule has 0 bridgehead atoms. The van der Waals surface area contributed by atoms with E-state index in [1.165, 1.54) is 58.7 Å². The molecule has 9 nitrogen and oxygen atoms in total. The molecule has 10 heteroatoms. The van der Waals surface area contributed by atoms with E-state index in [4.69, 9.17) is 9.73 Å². The van der Waals surface area contributed by atoms with Crippen molar-refractivity contribution in [3.63, 3.8) is 0 Å². The number of fused-ring (bicyclic) bond motifs is 6. The Kier molecular flexibility index (Phi) is 6.62. The van der Waals surface area contributed by atoms with Crippen molar-refractivity contribution >= 4 is 32.5 Å². The van der Waals surface area contributed by atoms with Crippen molar-refractivity contribution in [2.75, 3.05) is 19.5 Å². The zero-order valence-corrected chi connectivity index (χ0v) is 24.7. The smallest absolute Gasteiger partial charge is 0.244 e. The van der Waals surface area contributed by atoms with Gasteiger partial charge in [-0.25, -0.2) is 17.4 Å². The fourth-order valence-corrected chi connectivity index (χ4v) is 10.5. The summed E-state index contributed by atoms with van der Waals surface area (Å²) in [6.45, 7) is 7.17. The van der Waals surface area contributed by atoms with E-state index >= 15 is 0 Å². The van der Waals surface area contributed by atoms with Gasteiger partial charge in [-0.05, 0) is 122 Å². The lowest BCUT2D eigenvalue weighted by atomic mass is 9.44. The van der Waals surface area contributed by atoms with Crippen LogP contribution in [0.2, 0.25) is 0 Å². The molecule has 0 saturated heterocycles. The molecule has 4 aliphatic rings. The quantitative estimate of drug-likeness (QED) is 0.379. The maximum atomic E-state index is 12.7. The number of sulfonamides is 1. The molecule has 2 aromatic rings. The molecule has 1 aromatic heterocycles. The molecule has 4 fully saturated rings. The van der Waals surface area contributed by atoms with Crippen LogP contribution in [0.4, 0.5) is 5.69 Å². The number of aliphatic hydroxyl groups excluding tert-OH is 1. The summed E-state index contributed by atoms with van der Waals surface area (Å²) >= 11 is 0. The first-order chi connectivity index (χ1) is 18.5. The minimum atomic E-state index is -3.69. The third-order valence-electron chi connectivity index (χ3n) is 11.6. The van der Waals surface area contributed by atoms with E-state index in [0.717, 1.165) is 47.0 Å². The summed E-state index contributed by atoms with van der Waals surface area (Å²) in [5, 5.41) is 23.0. The zero-order valence-electron chi connectivity index (χ0n) is 23.9. The lowest BCUT2D eigenvalue weighted by molar-refractivity contribution is -0.123. The summed E-state index contributed by atoms with van der Waals surface area (Å²) in [4.78, 5) is 0.0637. The van der Waals surface area contributed by atoms with Crippen molar-refractivity contribution in [3.05, 3.63) is 12.1 Å². The Morgan fingerprint density at radius 2 is 1.74 bits per heavy atom. The fourth-order valence-electron chi connectivity index (χ4n) is 9.49. The average Bonchev–Trinajstić information content (AvgIpc) is 3.52. The van der Waals surface area contributed by atoms with Gasteiger partial charge in [0.05, 0.1) is 11.8 Å². The van der Waals surface area contributed by atoms with Crippen LogP contribution in [-0.4, -0.2) is 54.1 Å². The molecule has 0 spiro atoms. The summed E-state index contributed by atoms with van der Waals surface area (Å²) in [5.74, 6) is 3.37. The lowest BCUT2D eigenvalue weighted by Gasteiger charge is -2.61. The number of nitrogens with zero attached hydrogens (tertiary/aromatic N) is 4.